The number of carbonyl (C=O) groups is 2. The lowest BCUT2D eigenvalue weighted by atomic mass is 10.2. The van der Waals surface area contributed by atoms with Crippen molar-refractivity contribution in [2.45, 2.75) is 19.5 Å². The van der Waals surface area contributed by atoms with Gasteiger partial charge in [0, 0.05) is 25.8 Å². The summed E-state index contributed by atoms with van der Waals surface area (Å²) < 4.78 is 6.43. The van der Waals surface area contributed by atoms with Gasteiger partial charge in [-0.2, -0.15) is 0 Å². The van der Waals surface area contributed by atoms with Crippen LogP contribution in [0, 0.1) is 0 Å². The van der Waals surface area contributed by atoms with Crippen LogP contribution in [0.3, 0.4) is 0 Å². The van der Waals surface area contributed by atoms with Gasteiger partial charge in [-0.3, -0.25) is 4.79 Å². The highest BCUT2D eigenvalue weighted by Crippen LogP contribution is 2.07. The minimum atomic E-state index is -0.565. The van der Waals surface area contributed by atoms with Crippen LogP contribution in [0.4, 0.5) is 0 Å². The monoisotopic (exact) mass is 267 g/mol. The molecule has 0 radical (unpaired) electrons. The Morgan fingerprint density at radius 1 is 1.53 bits per heavy atom. The molecule has 2 heterocycles. The molecule has 1 aromatic rings. The van der Waals surface area contributed by atoms with E-state index in [1.165, 1.54) is 15.8 Å². The van der Waals surface area contributed by atoms with Gasteiger partial charge in [0.1, 0.15) is 12.6 Å². The summed E-state index contributed by atoms with van der Waals surface area (Å²) in [5, 5.41) is 10.5. The standard InChI is InChI=1S/C11H17N5O3/c1-2-19-11(18)9-7-12-3-6-16(9)10(17)8-15-5-4-13-14-15/h4-5,9,12H,2-3,6-8H2,1H3. The molecule has 1 N–H and O–H groups in total. The van der Waals surface area contributed by atoms with E-state index in [1.54, 1.807) is 13.1 Å². The van der Waals surface area contributed by atoms with Crippen LogP contribution in [0.1, 0.15) is 6.92 Å². The van der Waals surface area contributed by atoms with Crippen molar-refractivity contribution in [2.75, 3.05) is 26.2 Å². The van der Waals surface area contributed by atoms with Gasteiger partial charge in [0.25, 0.3) is 0 Å². The van der Waals surface area contributed by atoms with Crippen molar-refractivity contribution < 1.29 is 14.3 Å². The molecule has 1 aromatic heterocycles. The van der Waals surface area contributed by atoms with Gasteiger partial charge < -0.3 is 15.0 Å². The van der Waals surface area contributed by atoms with Gasteiger partial charge in [-0.1, -0.05) is 5.21 Å². The molecule has 1 aliphatic rings. The largest absolute Gasteiger partial charge is 0.464 e. The lowest BCUT2D eigenvalue weighted by molar-refractivity contribution is -0.156. The van der Waals surface area contributed by atoms with Gasteiger partial charge in [0.05, 0.1) is 12.8 Å². The third kappa shape index (κ3) is 3.28. The van der Waals surface area contributed by atoms with E-state index >= 15 is 0 Å². The van der Waals surface area contributed by atoms with Crippen LogP contribution in [-0.4, -0.2) is 64.1 Å². The molecule has 1 atom stereocenters. The molecule has 8 nitrogen and oxygen atoms in total. The molecule has 0 bridgehead atoms. The number of hydrogen-bond donors (Lipinski definition) is 1. The zero-order valence-corrected chi connectivity index (χ0v) is 10.8. The Balaban J connectivity index is 2.02. The predicted molar refractivity (Wildman–Crippen MR) is 65.0 cm³/mol. The third-order valence-electron chi connectivity index (χ3n) is 2.89. The Morgan fingerprint density at radius 3 is 3.05 bits per heavy atom. The van der Waals surface area contributed by atoms with Crippen LogP contribution in [0.5, 0.6) is 0 Å². The molecular formula is C11H17N5O3. The first kappa shape index (κ1) is 13.5. The number of hydrogen-bond acceptors (Lipinski definition) is 6. The number of nitrogens with zero attached hydrogens (tertiary/aromatic N) is 4. The van der Waals surface area contributed by atoms with Crippen LogP contribution >= 0.6 is 0 Å². The van der Waals surface area contributed by atoms with E-state index in [0.29, 0.717) is 26.2 Å². The Morgan fingerprint density at radius 2 is 2.37 bits per heavy atom. The molecule has 8 heteroatoms. The summed E-state index contributed by atoms with van der Waals surface area (Å²) in [4.78, 5) is 25.5. The average Bonchev–Trinajstić information content (AvgIpc) is 2.92. The molecule has 104 valence electrons. The highest BCUT2D eigenvalue weighted by atomic mass is 16.5. The zero-order valence-electron chi connectivity index (χ0n) is 10.8. The number of carbonyl (C=O) groups excluding carboxylic acids is 2. The molecule has 1 fully saturated rings. The molecule has 19 heavy (non-hydrogen) atoms. The molecule has 0 aliphatic carbocycles. The smallest absolute Gasteiger partial charge is 0.330 e. The Labute approximate surface area is 110 Å². The lowest BCUT2D eigenvalue weighted by Gasteiger charge is -2.34. The summed E-state index contributed by atoms with van der Waals surface area (Å²) in [6, 6.07) is -0.565. The Hall–Kier alpha value is -1.96. The molecule has 2 rings (SSSR count). The Kier molecular flexibility index (Phi) is 4.45. The third-order valence-corrected chi connectivity index (χ3v) is 2.89. The van der Waals surface area contributed by atoms with Crippen LogP contribution in [0.2, 0.25) is 0 Å². The van der Waals surface area contributed by atoms with Crippen molar-refractivity contribution >= 4 is 11.9 Å². The van der Waals surface area contributed by atoms with Crippen molar-refractivity contribution in [2.24, 2.45) is 0 Å². The quantitative estimate of drug-likeness (QED) is 0.678. The highest BCUT2D eigenvalue weighted by Gasteiger charge is 2.33. The maximum Gasteiger partial charge on any atom is 0.330 e. The van der Waals surface area contributed by atoms with Gasteiger partial charge in [-0.25, -0.2) is 9.48 Å². The van der Waals surface area contributed by atoms with E-state index in [-0.39, 0.29) is 18.4 Å². The van der Waals surface area contributed by atoms with E-state index in [0.717, 1.165) is 0 Å². The van der Waals surface area contributed by atoms with Crippen LogP contribution in [-0.2, 0) is 20.9 Å². The van der Waals surface area contributed by atoms with Crippen molar-refractivity contribution in [3.63, 3.8) is 0 Å². The minimum absolute atomic E-state index is 0.0793. The topological polar surface area (TPSA) is 89.4 Å². The second kappa shape index (κ2) is 6.28. The fraction of sp³-hybridized carbons (Fsp3) is 0.636. The van der Waals surface area contributed by atoms with E-state index in [4.69, 9.17) is 4.74 Å². The summed E-state index contributed by atoms with van der Waals surface area (Å²) in [7, 11) is 0. The predicted octanol–water partition coefficient (Wildman–Crippen LogP) is -1.36. The van der Waals surface area contributed by atoms with Crippen molar-refractivity contribution in [3.8, 4) is 0 Å². The van der Waals surface area contributed by atoms with Gasteiger partial charge in [0.15, 0.2) is 0 Å². The normalized spacial score (nSPS) is 19.2. The van der Waals surface area contributed by atoms with Crippen LogP contribution in [0.25, 0.3) is 0 Å². The molecule has 0 spiro atoms. The molecule has 1 amide bonds. The van der Waals surface area contributed by atoms with Crippen molar-refractivity contribution in [1.82, 2.24) is 25.2 Å². The fourth-order valence-electron chi connectivity index (χ4n) is 2.00. The number of nitrogens with one attached hydrogen (secondary N) is 1. The summed E-state index contributed by atoms with van der Waals surface area (Å²) in [6.07, 6.45) is 3.12. The summed E-state index contributed by atoms with van der Waals surface area (Å²) in [5.41, 5.74) is 0. The molecule has 1 saturated heterocycles. The van der Waals surface area contributed by atoms with Gasteiger partial charge in [0.2, 0.25) is 5.91 Å². The number of aromatic nitrogens is 3. The minimum Gasteiger partial charge on any atom is -0.464 e. The first-order chi connectivity index (χ1) is 9.22. The summed E-state index contributed by atoms with van der Waals surface area (Å²) in [6.45, 7) is 3.70. The number of amides is 1. The molecule has 0 aromatic carbocycles. The van der Waals surface area contributed by atoms with Crippen molar-refractivity contribution in [3.05, 3.63) is 12.4 Å². The first-order valence-corrected chi connectivity index (χ1v) is 6.23. The second-order valence-electron chi connectivity index (χ2n) is 4.16. The van der Waals surface area contributed by atoms with Crippen molar-refractivity contribution in [1.29, 1.82) is 0 Å². The van der Waals surface area contributed by atoms with Gasteiger partial charge >= 0.3 is 5.97 Å². The fourth-order valence-corrected chi connectivity index (χ4v) is 2.00. The molecule has 1 aliphatic heterocycles. The number of ether oxygens (including phenoxy) is 1. The SMILES string of the molecule is CCOC(=O)C1CNCCN1C(=O)Cn1ccnn1. The van der Waals surface area contributed by atoms with E-state index in [2.05, 4.69) is 15.6 Å². The number of piperazine rings is 1. The van der Waals surface area contributed by atoms with E-state index in [1.807, 2.05) is 0 Å². The lowest BCUT2D eigenvalue weighted by Crippen LogP contribution is -2.58. The summed E-state index contributed by atoms with van der Waals surface area (Å²) in [5.74, 6) is -0.535. The number of esters is 1. The van der Waals surface area contributed by atoms with E-state index < -0.39 is 6.04 Å². The van der Waals surface area contributed by atoms with Gasteiger partial charge in [-0.15, -0.1) is 5.10 Å². The first-order valence-electron chi connectivity index (χ1n) is 6.23. The maximum absolute atomic E-state index is 12.2. The second-order valence-corrected chi connectivity index (χ2v) is 4.16. The van der Waals surface area contributed by atoms with Crippen LogP contribution < -0.4 is 5.32 Å². The van der Waals surface area contributed by atoms with Gasteiger partial charge in [-0.05, 0) is 6.92 Å². The highest BCUT2D eigenvalue weighted by molar-refractivity contribution is 5.85. The zero-order chi connectivity index (χ0) is 13.7. The molecule has 1 unspecified atom stereocenters. The summed E-state index contributed by atoms with van der Waals surface area (Å²) >= 11 is 0. The number of rotatable bonds is 4. The van der Waals surface area contributed by atoms with E-state index in [9.17, 15) is 9.59 Å². The average molecular weight is 267 g/mol. The maximum atomic E-state index is 12.2. The molecular weight excluding hydrogens is 250 g/mol. The molecule has 0 saturated carbocycles. The van der Waals surface area contributed by atoms with Crippen LogP contribution in [0.15, 0.2) is 12.4 Å². The Bertz CT molecular complexity index is 434.